The molecule has 1 aromatic rings. The second kappa shape index (κ2) is 7.41. The van der Waals surface area contributed by atoms with Gasteiger partial charge in [0.1, 0.15) is 0 Å². The Morgan fingerprint density at radius 1 is 1.24 bits per heavy atom. The third-order valence-corrected chi connectivity index (χ3v) is 4.99. The summed E-state index contributed by atoms with van der Waals surface area (Å²) >= 11 is 0. The lowest BCUT2D eigenvalue weighted by Gasteiger charge is -2.35. The van der Waals surface area contributed by atoms with Crippen LogP contribution in [0.3, 0.4) is 0 Å². The van der Waals surface area contributed by atoms with Crippen LogP contribution in [0, 0.1) is 0 Å². The van der Waals surface area contributed by atoms with Crippen LogP contribution < -0.4 is 5.32 Å². The predicted octanol–water partition coefficient (Wildman–Crippen LogP) is 2.82. The first kappa shape index (κ1) is 16.5. The van der Waals surface area contributed by atoms with Crippen LogP contribution >= 0.6 is 0 Å². The van der Waals surface area contributed by atoms with Gasteiger partial charge in [-0.15, -0.1) is 0 Å². The fourth-order valence-corrected chi connectivity index (χ4v) is 3.40. The Morgan fingerprint density at radius 2 is 2.00 bits per heavy atom. The highest BCUT2D eigenvalue weighted by atomic mass is 15.3. The van der Waals surface area contributed by atoms with E-state index < -0.39 is 0 Å². The number of nitrogens with one attached hydrogen (secondary N) is 1. The summed E-state index contributed by atoms with van der Waals surface area (Å²) in [4.78, 5) is 2.62. The largest absolute Gasteiger partial charge is 0.310 e. The molecule has 0 atom stereocenters. The number of hydrogen-bond donors (Lipinski definition) is 1. The molecular weight excluding hydrogens is 260 g/mol. The molecule has 1 aliphatic rings. The van der Waals surface area contributed by atoms with E-state index in [-0.39, 0.29) is 0 Å². The van der Waals surface area contributed by atoms with E-state index >= 15 is 0 Å². The monoisotopic (exact) mass is 292 g/mol. The van der Waals surface area contributed by atoms with Gasteiger partial charge in [-0.05, 0) is 51.8 Å². The molecule has 0 aliphatic carbocycles. The second-order valence-electron chi connectivity index (χ2n) is 6.27. The van der Waals surface area contributed by atoms with Gasteiger partial charge in [-0.2, -0.15) is 5.10 Å². The molecule has 2 rings (SSSR count). The first-order valence-electron chi connectivity index (χ1n) is 8.69. The summed E-state index contributed by atoms with van der Waals surface area (Å²) < 4.78 is 2.18. The van der Waals surface area contributed by atoms with Gasteiger partial charge in [0.05, 0.1) is 11.4 Å². The van der Waals surface area contributed by atoms with Crippen LogP contribution in [-0.4, -0.2) is 39.9 Å². The second-order valence-corrected chi connectivity index (χ2v) is 6.27. The topological polar surface area (TPSA) is 33.1 Å². The maximum Gasteiger partial charge on any atom is 0.0625 e. The van der Waals surface area contributed by atoms with E-state index in [1.807, 2.05) is 0 Å². The minimum atomic E-state index is 0.293. The summed E-state index contributed by atoms with van der Waals surface area (Å²) in [7, 11) is 0. The van der Waals surface area contributed by atoms with E-state index in [1.165, 1.54) is 37.2 Å². The zero-order valence-corrected chi connectivity index (χ0v) is 14.3. The zero-order valence-electron chi connectivity index (χ0n) is 14.3. The Morgan fingerprint density at radius 3 is 2.62 bits per heavy atom. The molecule has 0 amide bonds. The van der Waals surface area contributed by atoms with Gasteiger partial charge >= 0.3 is 0 Å². The number of aromatic nitrogens is 2. The van der Waals surface area contributed by atoms with Crippen molar-refractivity contribution in [3.05, 3.63) is 17.5 Å². The lowest BCUT2D eigenvalue weighted by molar-refractivity contribution is 0.187. The predicted molar refractivity (Wildman–Crippen MR) is 88.5 cm³/mol. The van der Waals surface area contributed by atoms with Gasteiger partial charge < -0.3 is 5.32 Å². The molecule has 1 fully saturated rings. The lowest BCUT2D eigenvalue weighted by Crippen LogP contribution is -2.50. The third-order valence-electron chi connectivity index (χ3n) is 4.99. The minimum Gasteiger partial charge on any atom is -0.310 e. The fraction of sp³-hybridized carbons (Fsp3) is 0.824. The van der Waals surface area contributed by atoms with Crippen molar-refractivity contribution < 1.29 is 0 Å². The van der Waals surface area contributed by atoms with Crippen molar-refractivity contribution in [2.24, 2.45) is 0 Å². The number of aryl methyl sites for hydroxylation is 2. The Bertz CT molecular complexity index is 434. The van der Waals surface area contributed by atoms with Gasteiger partial charge in [0.25, 0.3) is 0 Å². The van der Waals surface area contributed by atoms with Crippen molar-refractivity contribution in [3.8, 4) is 0 Å². The van der Waals surface area contributed by atoms with E-state index in [0.29, 0.717) is 5.54 Å². The number of nitrogens with zero attached hydrogens (tertiary/aromatic N) is 3. The maximum atomic E-state index is 4.69. The molecule has 2 heterocycles. The van der Waals surface area contributed by atoms with Crippen LogP contribution in [0.5, 0.6) is 0 Å². The average molecular weight is 292 g/mol. The van der Waals surface area contributed by atoms with Gasteiger partial charge in [0.15, 0.2) is 0 Å². The molecule has 4 heteroatoms. The van der Waals surface area contributed by atoms with Crippen LogP contribution in [0.1, 0.15) is 58.3 Å². The van der Waals surface area contributed by atoms with Crippen molar-refractivity contribution >= 4 is 0 Å². The zero-order chi connectivity index (χ0) is 15.3. The Kier molecular flexibility index (Phi) is 5.82. The summed E-state index contributed by atoms with van der Waals surface area (Å²) in [5.74, 6) is 0. The van der Waals surface area contributed by atoms with Gasteiger partial charge in [-0.3, -0.25) is 9.58 Å². The summed E-state index contributed by atoms with van der Waals surface area (Å²) in [6.07, 6.45) is 4.67. The number of rotatable bonds is 6. The normalized spacial score (nSPS) is 19.6. The molecule has 1 aromatic heterocycles. The summed E-state index contributed by atoms with van der Waals surface area (Å²) in [6.45, 7) is 14.5. The first-order valence-corrected chi connectivity index (χ1v) is 8.69. The van der Waals surface area contributed by atoms with Crippen LogP contribution in [0.4, 0.5) is 0 Å². The molecule has 21 heavy (non-hydrogen) atoms. The molecule has 0 unspecified atom stereocenters. The van der Waals surface area contributed by atoms with Crippen molar-refractivity contribution in [3.63, 3.8) is 0 Å². The Labute approximate surface area is 129 Å². The highest BCUT2D eigenvalue weighted by Crippen LogP contribution is 2.21. The molecule has 1 aliphatic heterocycles. The van der Waals surface area contributed by atoms with E-state index in [1.54, 1.807) is 0 Å². The first-order chi connectivity index (χ1) is 10.2. The molecule has 0 spiro atoms. The van der Waals surface area contributed by atoms with Gasteiger partial charge in [-0.1, -0.05) is 20.8 Å². The van der Waals surface area contributed by atoms with Gasteiger partial charge in [0.2, 0.25) is 0 Å². The minimum absolute atomic E-state index is 0.293. The van der Waals surface area contributed by atoms with Gasteiger partial charge in [-0.25, -0.2) is 0 Å². The highest BCUT2D eigenvalue weighted by molar-refractivity contribution is 5.11. The maximum absolute atomic E-state index is 4.69. The quantitative estimate of drug-likeness (QED) is 0.875. The molecule has 0 radical (unpaired) electrons. The van der Waals surface area contributed by atoms with Crippen molar-refractivity contribution in [1.82, 2.24) is 20.0 Å². The van der Waals surface area contributed by atoms with Crippen molar-refractivity contribution in [2.75, 3.05) is 19.6 Å². The van der Waals surface area contributed by atoms with E-state index in [9.17, 15) is 0 Å². The fourth-order valence-electron chi connectivity index (χ4n) is 3.40. The van der Waals surface area contributed by atoms with E-state index in [4.69, 9.17) is 0 Å². The summed E-state index contributed by atoms with van der Waals surface area (Å²) in [5, 5.41) is 8.48. The van der Waals surface area contributed by atoms with E-state index in [2.05, 4.69) is 53.8 Å². The van der Waals surface area contributed by atoms with Crippen LogP contribution in [0.25, 0.3) is 0 Å². The van der Waals surface area contributed by atoms with Crippen molar-refractivity contribution in [1.29, 1.82) is 0 Å². The van der Waals surface area contributed by atoms with Crippen LogP contribution in [0.2, 0.25) is 0 Å². The molecule has 0 saturated carbocycles. The molecule has 0 aromatic carbocycles. The molecule has 0 bridgehead atoms. The molecule has 1 N–H and O–H groups in total. The Hall–Kier alpha value is -0.870. The average Bonchev–Trinajstić information content (AvgIpc) is 2.79. The molecular formula is C17H32N4. The highest BCUT2D eigenvalue weighted by Gasteiger charge is 2.30. The molecule has 4 nitrogen and oxygen atoms in total. The van der Waals surface area contributed by atoms with Gasteiger partial charge in [0, 0.05) is 25.2 Å². The molecule has 120 valence electrons. The summed E-state index contributed by atoms with van der Waals surface area (Å²) in [6, 6.07) is 2.29. The van der Waals surface area contributed by atoms with Crippen LogP contribution in [0.15, 0.2) is 6.07 Å². The standard InChI is InChI=1S/C17H32N4/c1-5-15-12-16(21(8-4)19-15)13-20-11-9-10-18-17(6-2,7-3)14-20/h12,18H,5-11,13-14H2,1-4H3. The third kappa shape index (κ3) is 3.86. The SMILES string of the molecule is CCc1cc(CN2CCCNC(CC)(CC)C2)n(CC)n1. The van der Waals surface area contributed by atoms with E-state index in [0.717, 1.165) is 32.6 Å². The Balaban J connectivity index is 2.12. The van der Waals surface area contributed by atoms with Crippen molar-refractivity contribution in [2.45, 2.75) is 72.0 Å². The molecule has 1 saturated heterocycles. The summed E-state index contributed by atoms with van der Waals surface area (Å²) in [5.41, 5.74) is 2.88. The smallest absolute Gasteiger partial charge is 0.0625 e. The lowest BCUT2D eigenvalue weighted by atomic mass is 9.92. The van der Waals surface area contributed by atoms with Crippen LogP contribution in [-0.2, 0) is 19.5 Å². The number of hydrogen-bond acceptors (Lipinski definition) is 3.